The third-order valence-electron chi connectivity index (χ3n) is 2.66. The van der Waals surface area contributed by atoms with E-state index in [4.69, 9.17) is 15.2 Å². The summed E-state index contributed by atoms with van der Waals surface area (Å²) in [5.41, 5.74) is 6.86. The zero-order valence-corrected chi connectivity index (χ0v) is 11.8. The summed E-state index contributed by atoms with van der Waals surface area (Å²) >= 11 is 0. The molecule has 1 atom stereocenters. The van der Waals surface area contributed by atoms with Gasteiger partial charge < -0.3 is 20.5 Å². The normalized spacial score (nSPS) is 12.2. The van der Waals surface area contributed by atoms with E-state index in [-0.39, 0.29) is 5.75 Å². The minimum atomic E-state index is -0.429. The number of nitrogens with one attached hydrogen (secondary N) is 1. The molecule has 0 heterocycles. The summed E-state index contributed by atoms with van der Waals surface area (Å²) in [6.07, 6.45) is 0.831. The van der Waals surface area contributed by atoms with Crippen LogP contribution in [0.2, 0.25) is 0 Å². The van der Waals surface area contributed by atoms with Gasteiger partial charge >= 0.3 is 0 Å². The molecule has 0 saturated carbocycles. The van der Waals surface area contributed by atoms with Crippen LogP contribution in [0.5, 0.6) is 5.75 Å². The van der Waals surface area contributed by atoms with E-state index in [1.807, 2.05) is 6.92 Å². The van der Waals surface area contributed by atoms with Crippen LogP contribution < -0.4 is 15.8 Å². The van der Waals surface area contributed by atoms with Crippen molar-refractivity contribution in [3.05, 3.63) is 17.9 Å². The highest BCUT2D eigenvalue weighted by atomic mass is 19.1. The highest BCUT2D eigenvalue weighted by Gasteiger charge is 2.10. The van der Waals surface area contributed by atoms with Crippen molar-refractivity contribution in [1.29, 1.82) is 0 Å². The largest absolute Gasteiger partial charge is 0.490 e. The quantitative estimate of drug-likeness (QED) is 0.713. The van der Waals surface area contributed by atoms with Gasteiger partial charge in [-0.25, -0.2) is 4.39 Å². The van der Waals surface area contributed by atoms with Gasteiger partial charge in [-0.2, -0.15) is 0 Å². The van der Waals surface area contributed by atoms with Crippen molar-refractivity contribution in [2.75, 3.05) is 37.9 Å². The zero-order chi connectivity index (χ0) is 14.3. The molecule has 1 unspecified atom stereocenters. The number of anilines is 2. The SMILES string of the molecule is CCCOc1cc(NCC(C)COC)c(N)cc1F. The average molecular weight is 270 g/mol. The molecule has 0 aliphatic heterocycles. The molecule has 0 aliphatic rings. The van der Waals surface area contributed by atoms with Crippen LogP contribution in [0.4, 0.5) is 15.8 Å². The van der Waals surface area contributed by atoms with E-state index in [0.717, 1.165) is 6.42 Å². The topological polar surface area (TPSA) is 56.5 Å². The van der Waals surface area contributed by atoms with Gasteiger partial charge in [-0.05, 0) is 12.3 Å². The van der Waals surface area contributed by atoms with Crippen LogP contribution in [-0.2, 0) is 4.74 Å². The molecule has 19 heavy (non-hydrogen) atoms. The molecule has 0 fully saturated rings. The number of rotatable bonds is 8. The summed E-state index contributed by atoms with van der Waals surface area (Å²) < 4.78 is 24.0. The summed E-state index contributed by atoms with van der Waals surface area (Å²) in [5.74, 6) is 0.147. The number of hydrogen-bond donors (Lipinski definition) is 2. The lowest BCUT2D eigenvalue weighted by Gasteiger charge is -2.16. The van der Waals surface area contributed by atoms with Crippen LogP contribution in [0.25, 0.3) is 0 Å². The first kappa shape index (κ1) is 15.6. The number of hydrogen-bond acceptors (Lipinski definition) is 4. The predicted octanol–water partition coefficient (Wildman–Crippen LogP) is 2.89. The first-order chi connectivity index (χ1) is 9.08. The molecule has 1 aromatic rings. The molecule has 0 aromatic heterocycles. The van der Waals surface area contributed by atoms with Crippen LogP contribution in [0.3, 0.4) is 0 Å². The van der Waals surface area contributed by atoms with Gasteiger partial charge in [-0.3, -0.25) is 0 Å². The summed E-state index contributed by atoms with van der Waals surface area (Å²) in [6, 6.07) is 2.90. The van der Waals surface area contributed by atoms with Crippen LogP contribution in [-0.4, -0.2) is 26.9 Å². The lowest BCUT2D eigenvalue weighted by molar-refractivity contribution is 0.164. The summed E-state index contributed by atoms with van der Waals surface area (Å²) in [4.78, 5) is 0. The summed E-state index contributed by atoms with van der Waals surface area (Å²) in [5, 5.41) is 3.19. The highest BCUT2D eigenvalue weighted by Crippen LogP contribution is 2.28. The summed E-state index contributed by atoms with van der Waals surface area (Å²) in [6.45, 7) is 5.88. The minimum Gasteiger partial charge on any atom is -0.490 e. The zero-order valence-electron chi connectivity index (χ0n) is 11.8. The Morgan fingerprint density at radius 2 is 2.16 bits per heavy atom. The Morgan fingerprint density at radius 1 is 1.42 bits per heavy atom. The smallest absolute Gasteiger partial charge is 0.167 e. The van der Waals surface area contributed by atoms with Crippen LogP contribution >= 0.6 is 0 Å². The third kappa shape index (κ3) is 4.95. The minimum absolute atomic E-state index is 0.234. The molecule has 0 spiro atoms. The summed E-state index contributed by atoms with van der Waals surface area (Å²) in [7, 11) is 1.67. The molecule has 0 radical (unpaired) electrons. The van der Waals surface area contributed by atoms with Gasteiger partial charge in [-0.15, -0.1) is 0 Å². The fourth-order valence-electron chi connectivity index (χ4n) is 1.67. The van der Waals surface area contributed by atoms with Crippen molar-refractivity contribution in [3.63, 3.8) is 0 Å². The monoisotopic (exact) mass is 270 g/mol. The second kappa shape index (κ2) is 7.84. The number of nitrogen functional groups attached to an aromatic ring is 1. The Labute approximate surface area is 114 Å². The molecule has 5 heteroatoms. The number of methoxy groups -OCH3 is 1. The fraction of sp³-hybridized carbons (Fsp3) is 0.571. The molecule has 3 N–H and O–H groups in total. The Kier molecular flexibility index (Phi) is 6.42. The Bertz CT molecular complexity index is 399. The van der Waals surface area contributed by atoms with Gasteiger partial charge in [0.25, 0.3) is 0 Å². The Hall–Kier alpha value is -1.49. The lowest BCUT2D eigenvalue weighted by atomic mass is 10.2. The van der Waals surface area contributed by atoms with Crippen molar-refractivity contribution in [2.24, 2.45) is 5.92 Å². The molecular formula is C14H23FN2O2. The number of nitrogens with two attached hydrogens (primary N) is 1. The third-order valence-corrected chi connectivity index (χ3v) is 2.66. The van der Waals surface area contributed by atoms with Crippen LogP contribution in [0.1, 0.15) is 20.3 Å². The molecule has 0 aliphatic carbocycles. The first-order valence-corrected chi connectivity index (χ1v) is 6.53. The molecule has 1 rings (SSSR count). The van der Waals surface area contributed by atoms with E-state index in [0.29, 0.717) is 37.1 Å². The van der Waals surface area contributed by atoms with Gasteiger partial charge in [0, 0.05) is 25.8 Å². The van der Waals surface area contributed by atoms with Crippen molar-refractivity contribution >= 4 is 11.4 Å². The van der Waals surface area contributed by atoms with E-state index in [1.54, 1.807) is 13.2 Å². The molecule has 108 valence electrons. The lowest BCUT2D eigenvalue weighted by Crippen LogP contribution is -2.16. The van der Waals surface area contributed by atoms with Gasteiger partial charge in [0.15, 0.2) is 11.6 Å². The maximum Gasteiger partial charge on any atom is 0.167 e. The number of ether oxygens (including phenoxy) is 2. The Morgan fingerprint density at radius 3 is 2.79 bits per heavy atom. The van der Waals surface area contributed by atoms with Crippen molar-refractivity contribution in [3.8, 4) is 5.75 Å². The molecule has 0 saturated heterocycles. The van der Waals surface area contributed by atoms with Crippen molar-refractivity contribution in [2.45, 2.75) is 20.3 Å². The van der Waals surface area contributed by atoms with E-state index >= 15 is 0 Å². The van der Waals surface area contributed by atoms with E-state index < -0.39 is 5.82 Å². The fourth-order valence-corrected chi connectivity index (χ4v) is 1.67. The molecule has 0 amide bonds. The first-order valence-electron chi connectivity index (χ1n) is 6.53. The maximum atomic E-state index is 13.6. The van der Waals surface area contributed by atoms with Crippen LogP contribution in [0, 0.1) is 11.7 Å². The van der Waals surface area contributed by atoms with E-state index in [1.165, 1.54) is 6.07 Å². The average Bonchev–Trinajstić information content (AvgIpc) is 2.37. The molecule has 1 aromatic carbocycles. The van der Waals surface area contributed by atoms with Gasteiger partial charge in [0.05, 0.1) is 24.6 Å². The standard InChI is InChI=1S/C14H23FN2O2/c1-4-5-19-14-7-13(12(16)6-11(14)15)17-8-10(2)9-18-3/h6-7,10,17H,4-5,8-9,16H2,1-3H3. The number of halogens is 1. The van der Waals surface area contributed by atoms with Crippen LogP contribution in [0.15, 0.2) is 12.1 Å². The Balaban J connectivity index is 2.71. The second-order valence-electron chi connectivity index (χ2n) is 4.66. The van der Waals surface area contributed by atoms with E-state index in [9.17, 15) is 4.39 Å². The highest BCUT2D eigenvalue weighted by molar-refractivity contribution is 5.68. The van der Waals surface area contributed by atoms with Gasteiger partial charge in [0.2, 0.25) is 0 Å². The maximum absolute atomic E-state index is 13.6. The predicted molar refractivity (Wildman–Crippen MR) is 76.1 cm³/mol. The molecule has 0 bridgehead atoms. The van der Waals surface area contributed by atoms with Crippen molar-refractivity contribution in [1.82, 2.24) is 0 Å². The number of benzene rings is 1. The molecular weight excluding hydrogens is 247 g/mol. The van der Waals surface area contributed by atoms with Gasteiger partial charge in [0.1, 0.15) is 0 Å². The second-order valence-corrected chi connectivity index (χ2v) is 4.66. The van der Waals surface area contributed by atoms with Gasteiger partial charge in [-0.1, -0.05) is 13.8 Å². The van der Waals surface area contributed by atoms with Crippen molar-refractivity contribution < 1.29 is 13.9 Å². The van der Waals surface area contributed by atoms with E-state index in [2.05, 4.69) is 12.2 Å². The molecule has 4 nitrogen and oxygen atoms in total.